The molecule has 2 nitrogen and oxygen atoms in total. The van der Waals surface area contributed by atoms with Crippen LogP contribution in [0.25, 0.3) is 44.3 Å². The van der Waals surface area contributed by atoms with Gasteiger partial charge in [0.25, 0.3) is 0 Å². The fourth-order valence-corrected chi connectivity index (χ4v) is 6.67. The monoisotopic (exact) mass is 513 g/mol. The van der Waals surface area contributed by atoms with Gasteiger partial charge in [-0.2, -0.15) is 0 Å². The van der Waals surface area contributed by atoms with E-state index in [-0.39, 0.29) is 5.41 Å². The maximum absolute atomic E-state index is 6.63. The highest BCUT2D eigenvalue weighted by atomic mass is 16.5. The van der Waals surface area contributed by atoms with Crippen molar-refractivity contribution in [2.75, 3.05) is 0 Å². The number of benzene rings is 5. The molecule has 0 bridgehead atoms. The van der Waals surface area contributed by atoms with E-state index in [2.05, 4.69) is 134 Å². The number of hydrogen-bond donors (Lipinski definition) is 0. The Morgan fingerprint density at radius 3 is 2.20 bits per heavy atom. The average Bonchev–Trinajstić information content (AvgIpc) is 3.13. The first-order valence-corrected chi connectivity index (χ1v) is 13.8. The average molecular weight is 514 g/mol. The van der Waals surface area contributed by atoms with Crippen LogP contribution in [0.4, 0.5) is 0 Å². The lowest BCUT2D eigenvalue weighted by Crippen LogP contribution is -2.16. The zero-order valence-corrected chi connectivity index (χ0v) is 22.5. The largest absolute Gasteiger partial charge is 0.456 e. The quantitative estimate of drug-likeness (QED) is 0.230. The van der Waals surface area contributed by atoms with E-state index >= 15 is 0 Å². The van der Waals surface area contributed by atoms with Crippen molar-refractivity contribution in [3.63, 3.8) is 0 Å². The summed E-state index contributed by atoms with van der Waals surface area (Å²) in [6.45, 7) is 4.67. The second-order valence-corrected chi connectivity index (χ2v) is 11.2. The van der Waals surface area contributed by atoms with Gasteiger partial charge in [-0.1, -0.05) is 98.8 Å². The molecule has 0 atom stereocenters. The normalized spacial score (nSPS) is 14.6. The van der Waals surface area contributed by atoms with E-state index in [9.17, 15) is 0 Å². The van der Waals surface area contributed by atoms with E-state index in [1.54, 1.807) is 0 Å². The summed E-state index contributed by atoms with van der Waals surface area (Å²) < 4.78 is 6.63. The van der Waals surface area contributed by atoms with Crippen LogP contribution in [0.15, 0.2) is 128 Å². The third-order valence-electron chi connectivity index (χ3n) is 8.53. The summed E-state index contributed by atoms with van der Waals surface area (Å²) in [4.78, 5) is 4.56. The van der Waals surface area contributed by atoms with Gasteiger partial charge in [-0.25, -0.2) is 0 Å². The molecule has 2 heterocycles. The van der Waals surface area contributed by atoms with E-state index in [4.69, 9.17) is 4.74 Å². The first kappa shape index (κ1) is 23.0. The standard InChI is InChI=1S/C38H27NO/c1-38(2)32-15-6-3-13-29(32)36-31-23-25(18-19-35(31)40-34-17-8-5-14-30(34)37(36)38)24-10-9-11-26(22-24)27-20-21-39-33-16-7-4-12-28(27)33/h3-23H,1-2H3. The Morgan fingerprint density at radius 1 is 0.550 bits per heavy atom. The van der Waals surface area contributed by atoms with E-state index in [1.165, 1.54) is 50.1 Å². The number of rotatable bonds is 2. The molecule has 2 aliphatic rings. The van der Waals surface area contributed by atoms with Gasteiger partial charge in [-0.05, 0) is 80.9 Å². The van der Waals surface area contributed by atoms with Gasteiger partial charge in [0.05, 0.1) is 5.52 Å². The predicted octanol–water partition coefficient (Wildman–Crippen LogP) is 9.92. The van der Waals surface area contributed by atoms with Crippen LogP contribution in [0, 0.1) is 0 Å². The smallest absolute Gasteiger partial charge is 0.135 e. The maximum Gasteiger partial charge on any atom is 0.135 e. The van der Waals surface area contributed by atoms with Crippen molar-refractivity contribution in [3.05, 3.63) is 150 Å². The SMILES string of the molecule is CC1(C)C2=C(c3cc(-c4cccc(-c5ccnc6ccccc56)c4)ccc3Oc3ccccc32)c2ccccc21. The molecule has 6 aromatic rings. The Hall–Kier alpha value is -4.95. The van der Waals surface area contributed by atoms with Crippen LogP contribution in [0.2, 0.25) is 0 Å². The molecule has 0 radical (unpaired) electrons. The summed E-state index contributed by atoms with van der Waals surface area (Å²) in [6, 6.07) is 43.2. The van der Waals surface area contributed by atoms with Crippen molar-refractivity contribution in [1.82, 2.24) is 4.98 Å². The summed E-state index contributed by atoms with van der Waals surface area (Å²) >= 11 is 0. The molecule has 0 saturated heterocycles. The Bertz CT molecular complexity index is 2010. The van der Waals surface area contributed by atoms with Crippen molar-refractivity contribution in [2.24, 2.45) is 0 Å². The third kappa shape index (κ3) is 3.32. The van der Waals surface area contributed by atoms with Gasteiger partial charge in [0.15, 0.2) is 0 Å². The van der Waals surface area contributed by atoms with Crippen molar-refractivity contribution in [3.8, 4) is 33.8 Å². The molecule has 1 aliphatic heterocycles. The molecule has 0 fully saturated rings. The molecule has 2 heteroatoms. The molecule has 1 aliphatic carbocycles. The van der Waals surface area contributed by atoms with E-state index in [0.29, 0.717) is 0 Å². The van der Waals surface area contributed by atoms with Gasteiger partial charge in [0, 0.05) is 28.1 Å². The highest BCUT2D eigenvalue weighted by Crippen LogP contribution is 2.58. The Morgan fingerprint density at radius 2 is 1.27 bits per heavy atom. The van der Waals surface area contributed by atoms with Crippen LogP contribution in [-0.2, 0) is 5.41 Å². The number of fused-ring (bicyclic) bond motifs is 7. The van der Waals surface area contributed by atoms with Gasteiger partial charge in [-0.3, -0.25) is 4.98 Å². The lowest BCUT2D eigenvalue weighted by atomic mass is 9.78. The number of allylic oxidation sites excluding steroid dienone is 1. The number of nitrogens with zero attached hydrogens (tertiary/aromatic N) is 1. The summed E-state index contributed by atoms with van der Waals surface area (Å²) in [5.74, 6) is 1.80. The third-order valence-corrected chi connectivity index (χ3v) is 8.53. The lowest BCUT2D eigenvalue weighted by molar-refractivity contribution is 0.480. The number of ether oxygens (including phenoxy) is 1. The fourth-order valence-electron chi connectivity index (χ4n) is 6.67. The fraction of sp³-hybridized carbons (Fsp3) is 0.0789. The zero-order chi connectivity index (χ0) is 26.8. The second-order valence-electron chi connectivity index (χ2n) is 11.2. The molecule has 8 rings (SSSR count). The summed E-state index contributed by atoms with van der Waals surface area (Å²) in [6.07, 6.45) is 1.90. The second kappa shape index (κ2) is 8.53. The summed E-state index contributed by atoms with van der Waals surface area (Å²) in [5.41, 5.74) is 13.1. The van der Waals surface area contributed by atoms with Crippen LogP contribution in [0.5, 0.6) is 11.5 Å². The van der Waals surface area contributed by atoms with Crippen molar-refractivity contribution in [2.45, 2.75) is 19.3 Å². The molecular formula is C38H27NO. The van der Waals surface area contributed by atoms with Crippen LogP contribution < -0.4 is 4.74 Å². The molecule has 40 heavy (non-hydrogen) atoms. The highest BCUT2D eigenvalue weighted by Gasteiger charge is 2.41. The van der Waals surface area contributed by atoms with Crippen LogP contribution in [-0.4, -0.2) is 4.98 Å². The van der Waals surface area contributed by atoms with Crippen LogP contribution in [0.1, 0.15) is 36.1 Å². The minimum absolute atomic E-state index is 0.147. The van der Waals surface area contributed by atoms with E-state index in [0.717, 1.165) is 28.0 Å². The summed E-state index contributed by atoms with van der Waals surface area (Å²) in [5, 5.41) is 1.16. The number of para-hydroxylation sites is 2. The van der Waals surface area contributed by atoms with Crippen molar-refractivity contribution >= 4 is 22.0 Å². The molecule has 190 valence electrons. The van der Waals surface area contributed by atoms with Crippen molar-refractivity contribution < 1.29 is 4.74 Å². The topological polar surface area (TPSA) is 22.1 Å². The molecule has 5 aromatic carbocycles. The number of pyridine rings is 1. The Balaban J connectivity index is 1.34. The minimum atomic E-state index is -0.147. The molecule has 0 spiro atoms. The lowest BCUT2D eigenvalue weighted by Gasteiger charge is -2.25. The van der Waals surface area contributed by atoms with E-state index in [1.807, 2.05) is 12.3 Å². The first-order chi connectivity index (χ1) is 19.6. The molecule has 0 unspecified atom stereocenters. The molecule has 1 aromatic heterocycles. The first-order valence-electron chi connectivity index (χ1n) is 13.8. The van der Waals surface area contributed by atoms with Gasteiger partial charge in [0.2, 0.25) is 0 Å². The van der Waals surface area contributed by atoms with Crippen molar-refractivity contribution in [1.29, 1.82) is 0 Å². The molecular weight excluding hydrogens is 486 g/mol. The van der Waals surface area contributed by atoms with Gasteiger partial charge in [-0.15, -0.1) is 0 Å². The number of hydrogen-bond acceptors (Lipinski definition) is 2. The molecule has 0 amide bonds. The number of aromatic nitrogens is 1. The molecule has 0 saturated carbocycles. The Labute approximate surface area is 234 Å². The molecule has 0 N–H and O–H groups in total. The van der Waals surface area contributed by atoms with E-state index < -0.39 is 0 Å². The predicted molar refractivity (Wildman–Crippen MR) is 165 cm³/mol. The highest BCUT2D eigenvalue weighted by molar-refractivity contribution is 6.10. The van der Waals surface area contributed by atoms with Crippen LogP contribution >= 0.6 is 0 Å². The Kier molecular flexibility index (Phi) is 4.90. The van der Waals surface area contributed by atoms with Gasteiger partial charge >= 0.3 is 0 Å². The van der Waals surface area contributed by atoms with Gasteiger partial charge < -0.3 is 4.74 Å². The summed E-state index contributed by atoms with van der Waals surface area (Å²) in [7, 11) is 0. The minimum Gasteiger partial charge on any atom is -0.456 e. The van der Waals surface area contributed by atoms with Gasteiger partial charge in [0.1, 0.15) is 11.5 Å². The zero-order valence-electron chi connectivity index (χ0n) is 22.5. The maximum atomic E-state index is 6.63. The van der Waals surface area contributed by atoms with Crippen LogP contribution in [0.3, 0.4) is 0 Å².